The van der Waals surface area contributed by atoms with Crippen LogP contribution in [0.15, 0.2) is 24.4 Å². The van der Waals surface area contributed by atoms with Crippen LogP contribution in [0.4, 0.5) is 27.9 Å². The van der Waals surface area contributed by atoms with Crippen molar-refractivity contribution in [3.8, 4) is 0 Å². The highest BCUT2D eigenvalue weighted by Gasteiger charge is 2.47. The predicted molar refractivity (Wildman–Crippen MR) is 130 cm³/mol. The molecular formula is C24H29N7O4. The van der Waals surface area contributed by atoms with Crippen LogP contribution in [-0.2, 0) is 14.9 Å². The molecule has 1 spiro atoms. The Labute approximate surface area is 202 Å². The van der Waals surface area contributed by atoms with Crippen molar-refractivity contribution in [3.05, 3.63) is 35.5 Å². The van der Waals surface area contributed by atoms with E-state index in [9.17, 15) is 14.4 Å². The number of aromatic nitrogens is 2. The molecule has 2 aromatic rings. The Morgan fingerprint density at radius 1 is 1.17 bits per heavy atom. The van der Waals surface area contributed by atoms with E-state index in [-0.39, 0.29) is 23.4 Å². The van der Waals surface area contributed by atoms with E-state index in [2.05, 4.69) is 20.6 Å². The van der Waals surface area contributed by atoms with Gasteiger partial charge in [-0.25, -0.2) is 9.78 Å². The minimum atomic E-state index is -0.815. The van der Waals surface area contributed by atoms with Crippen LogP contribution in [0, 0.1) is 0 Å². The SMILES string of the molecule is NC(=O)O[C@H]1CCCN(c2ncc(C(N)=O)c(Nc3ccc4c(c3)C3(CCCCC3)C(=O)N4)n2)C1. The summed E-state index contributed by atoms with van der Waals surface area (Å²) in [4.78, 5) is 46.9. The number of carbonyl (C=O) groups is 3. The number of nitrogens with two attached hydrogens (primary N) is 2. The van der Waals surface area contributed by atoms with Gasteiger partial charge in [0.15, 0.2) is 0 Å². The second-order valence-electron chi connectivity index (χ2n) is 9.43. The molecule has 5 rings (SSSR count). The van der Waals surface area contributed by atoms with Gasteiger partial charge in [-0.05, 0) is 49.4 Å². The fourth-order valence-corrected chi connectivity index (χ4v) is 5.46. The zero-order valence-electron chi connectivity index (χ0n) is 19.4. The molecule has 3 amide bonds. The molecule has 3 aliphatic rings. The first-order valence-corrected chi connectivity index (χ1v) is 12.0. The topological polar surface area (TPSA) is 166 Å². The maximum absolute atomic E-state index is 12.9. The lowest BCUT2D eigenvalue weighted by Gasteiger charge is -2.32. The van der Waals surface area contributed by atoms with E-state index in [1.807, 2.05) is 23.1 Å². The quantitative estimate of drug-likeness (QED) is 0.508. The van der Waals surface area contributed by atoms with Gasteiger partial charge >= 0.3 is 6.09 Å². The number of amides is 3. The van der Waals surface area contributed by atoms with Crippen LogP contribution in [0.2, 0.25) is 0 Å². The summed E-state index contributed by atoms with van der Waals surface area (Å²) in [5, 5.41) is 6.25. The third-order valence-corrected chi connectivity index (χ3v) is 7.17. The highest BCUT2D eigenvalue weighted by Crippen LogP contribution is 2.48. The number of nitrogens with one attached hydrogen (secondary N) is 2. The number of piperidine rings is 1. The standard InChI is InChI=1S/C24H29N7O4/c25-19(32)16-12-27-23(31-10-4-5-15(13-31)35-22(26)34)30-20(16)28-14-6-7-18-17(11-14)24(21(33)29-18)8-2-1-3-9-24/h6-7,11-12,15H,1-5,8-10,13H2,(H2,25,32)(H2,26,34)(H,29,33)(H,27,28,30)/t15-/m0/s1. The lowest BCUT2D eigenvalue weighted by molar-refractivity contribution is -0.121. The maximum atomic E-state index is 12.9. The van der Waals surface area contributed by atoms with Crippen molar-refractivity contribution in [2.45, 2.75) is 56.5 Å². The largest absolute Gasteiger partial charge is 0.445 e. The van der Waals surface area contributed by atoms with E-state index in [1.165, 1.54) is 6.20 Å². The van der Waals surface area contributed by atoms with Crippen molar-refractivity contribution in [2.24, 2.45) is 11.5 Å². The van der Waals surface area contributed by atoms with Gasteiger partial charge < -0.3 is 31.7 Å². The normalized spacial score (nSPS) is 20.7. The first kappa shape index (κ1) is 22.9. The van der Waals surface area contributed by atoms with Crippen molar-refractivity contribution in [1.29, 1.82) is 0 Å². The van der Waals surface area contributed by atoms with Crippen LogP contribution >= 0.6 is 0 Å². The van der Waals surface area contributed by atoms with Crippen LogP contribution < -0.4 is 27.0 Å². The predicted octanol–water partition coefficient (Wildman–Crippen LogP) is 2.54. The van der Waals surface area contributed by atoms with E-state index in [4.69, 9.17) is 16.2 Å². The summed E-state index contributed by atoms with van der Waals surface area (Å²) in [5.41, 5.74) is 12.9. The number of anilines is 4. The van der Waals surface area contributed by atoms with Gasteiger partial charge in [0.05, 0.1) is 12.0 Å². The van der Waals surface area contributed by atoms with E-state index in [0.717, 1.165) is 49.8 Å². The molecule has 35 heavy (non-hydrogen) atoms. The van der Waals surface area contributed by atoms with Crippen LogP contribution in [0.25, 0.3) is 0 Å². The zero-order chi connectivity index (χ0) is 24.6. The maximum Gasteiger partial charge on any atom is 0.404 e. The molecule has 0 unspecified atom stereocenters. The number of primary amides is 2. The summed E-state index contributed by atoms with van der Waals surface area (Å²) in [5.74, 6) is 0.0612. The minimum absolute atomic E-state index is 0.0596. The van der Waals surface area contributed by atoms with Crippen LogP contribution in [0.5, 0.6) is 0 Å². The number of fused-ring (bicyclic) bond motifs is 2. The number of hydrogen-bond donors (Lipinski definition) is 4. The average molecular weight is 480 g/mol. The van der Waals surface area contributed by atoms with E-state index < -0.39 is 17.4 Å². The molecule has 3 heterocycles. The van der Waals surface area contributed by atoms with Crippen LogP contribution in [0.3, 0.4) is 0 Å². The van der Waals surface area contributed by atoms with Gasteiger partial charge in [-0.2, -0.15) is 4.98 Å². The molecule has 0 bridgehead atoms. The Hall–Kier alpha value is -3.89. The summed E-state index contributed by atoms with van der Waals surface area (Å²) in [7, 11) is 0. The third kappa shape index (κ3) is 4.33. The first-order chi connectivity index (χ1) is 16.9. The number of carbonyl (C=O) groups excluding carboxylic acids is 3. The number of benzene rings is 1. The monoisotopic (exact) mass is 479 g/mol. The highest BCUT2D eigenvalue weighted by atomic mass is 16.6. The minimum Gasteiger partial charge on any atom is -0.445 e. The zero-order valence-corrected chi connectivity index (χ0v) is 19.4. The smallest absolute Gasteiger partial charge is 0.404 e. The lowest BCUT2D eigenvalue weighted by Crippen LogP contribution is -2.42. The van der Waals surface area contributed by atoms with Crippen molar-refractivity contribution >= 4 is 41.0 Å². The molecule has 1 saturated heterocycles. The summed E-state index contributed by atoms with van der Waals surface area (Å²) >= 11 is 0. The molecule has 0 radical (unpaired) electrons. The van der Waals surface area contributed by atoms with Crippen LogP contribution in [-0.4, -0.2) is 47.1 Å². The van der Waals surface area contributed by atoms with E-state index in [0.29, 0.717) is 31.1 Å². The van der Waals surface area contributed by atoms with Gasteiger partial charge in [0.1, 0.15) is 17.5 Å². The Bertz CT molecular complexity index is 1180. The molecule has 2 aliphatic heterocycles. The van der Waals surface area contributed by atoms with E-state index >= 15 is 0 Å². The lowest BCUT2D eigenvalue weighted by atomic mass is 9.70. The Morgan fingerprint density at radius 3 is 2.71 bits per heavy atom. The molecule has 1 aliphatic carbocycles. The molecule has 11 heteroatoms. The molecule has 6 N–H and O–H groups in total. The summed E-state index contributed by atoms with van der Waals surface area (Å²) in [6, 6.07) is 5.68. The highest BCUT2D eigenvalue weighted by molar-refractivity contribution is 6.07. The number of nitrogens with zero attached hydrogens (tertiary/aromatic N) is 3. The van der Waals surface area contributed by atoms with Gasteiger partial charge in [-0.1, -0.05) is 19.3 Å². The molecular weight excluding hydrogens is 450 g/mol. The molecule has 1 aromatic heterocycles. The third-order valence-electron chi connectivity index (χ3n) is 7.17. The van der Waals surface area contributed by atoms with Crippen molar-refractivity contribution in [2.75, 3.05) is 28.6 Å². The molecule has 2 fully saturated rings. The molecule has 11 nitrogen and oxygen atoms in total. The summed E-state index contributed by atoms with van der Waals surface area (Å²) < 4.78 is 5.16. The molecule has 184 valence electrons. The van der Waals surface area contributed by atoms with Gasteiger partial charge in [0.2, 0.25) is 11.9 Å². The van der Waals surface area contributed by atoms with Crippen LogP contribution in [0.1, 0.15) is 60.9 Å². The Balaban J connectivity index is 1.44. The van der Waals surface area contributed by atoms with Crippen molar-refractivity contribution < 1.29 is 19.1 Å². The van der Waals surface area contributed by atoms with Crippen molar-refractivity contribution in [3.63, 3.8) is 0 Å². The Kier molecular flexibility index (Phi) is 5.91. The fraction of sp³-hybridized carbons (Fsp3) is 0.458. The van der Waals surface area contributed by atoms with Gasteiger partial charge in [0.25, 0.3) is 5.91 Å². The van der Waals surface area contributed by atoms with Gasteiger partial charge in [-0.15, -0.1) is 0 Å². The average Bonchev–Trinajstić information content (AvgIpc) is 3.09. The van der Waals surface area contributed by atoms with Gasteiger partial charge in [-0.3, -0.25) is 9.59 Å². The second kappa shape index (κ2) is 9.05. The van der Waals surface area contributed by atoms with Gasteiger partial charge in [0, 0.05) is 24.1 Å². The fourth-order valence-electron chi connectivity index (χ4n) is 5.46. The summed E-state index contributed by atoms with van der Waals surface area (Å²) in [6.07, 6.45) is 6.51. The molecule has 1 aromatic carbocycles. The molecule has 1 saturated carbocycles. The number of rotatable bonds is 5. The van der Waals surface area contributed by atoms with Crippen molar-refractivity contribution in [1.82, 2.24) is 9.97 Å². The second-order valence-corrected chi connectivity index (χ2v) is 9.43. The number of hydrogen-bond acceptors (Lipinski definition) is 8. The number of ether oxygens (including phenoxy) is 1. The summed E-state index contributed by atoms with van der Waals surface area (Å²) in [6.45, 7) is 1.07. The first-order valence-electron chi connectivity index (χ1n) is 12.0. The molecule has 1 atom stereocenters. The Morgan fingerprint density at radius 2 is 1.97 bits per heavy atom. The van der Waals surface area contributed by atoms with E-state index in [1.54, 1.807) is 0 Å².